The van der Waals surface area contributed by atoms with Gasteiger partial charge in [0, 0.05) is 17.1 Å². The van der Waals surface area contributed by atoms with Crippen molar-refractivity contribution in [3.63, 3.8) is 0 Å². The van der Waals surface area contributed by atoms with Crippen LogP contribution in [0.1, 0.15) is 11.1 Å². The summed E-state index contributed by atoms with van der Waals surface area (Å²) in [5, 5.41) is 9.70. The summed E-state index contributed by atoms with van der Waals surface area (Å²) in [7, 11) is 0. The molecule has 0 amide bonds. The van der Waals surface area contributed by atoms with Gasteiger partial charge in [-0.25, -0.2) is 0 Å². The predicted molar refractivity (Wildman–Crippen MR) is 90.8 cm³/mol. The van der Waals surface area contributed by atoms with Crippen molar-refractivity contribution in [3.8, 4) is 11.1 Å². The first kappa shape index (κ1) is 15.0. The zero-order chi connectivity index (χ0) is 16.6. The first-order chi connectivity index (χ1) is 11.0. The van der Waals surface area contributed by atoms with Crippen LogP contribution in [-0.4, -0.2) is 15.6 Å². The van der Waals surface area contributed by atoms with E-state index in [0.29, 0.717) is 16.5 Å². The summed E-state index contributed by atoms with van der Waals surface area (Å²) in [5.41, 5.74) is 3.97. The molecule has 0 atom stereocenters. The minimum Gasteiger partial charge on any atom is -0.480 e. The number of pyridine rings is 1. The second kappa shape index (κ2) is 5.72. The number of aryl methyl sites for hydroxylation is 2. The van der Waals surface area contributed by atoms with Crippen molar-refractivity contribution in [2.45, 2.75) is 20.4 Å². The highest BCUT2D eigenvalue weighted by molar-refractivity contribution is 5.85. The van der Waals surface area contributed by atoms with E-state index in [-0.39, 0.29) is 12.0 Å². The summed E-state index contributed by atoms with van der Waals surface area (Å²) < 4.78 is 1.63. The van der Waals surface area contributed by atoms with Crippen LogP contribution >= 0.6 is 0 Å². The number of nitrogens with zero attached hydrogens (tertiary/aromatic N) is 1. The van der Waals surface area contributed by atoms with Gasteiger partial charge in [0.25, 0.3) is 0 Å². The van der Waals surface area contributed by atoms with Crippen molar-refractivity contribution in [2.75, 3.05) is 0 Å². The second-order valence-electron chi connectivity index (χ2n) is 5.78. The molecule has 0 unspecified atom stereocenters. The lowest BCUT2D eigenvalue weighted by atomic mass is 10.0. The van der Waals surface area contributed by atoms with Crippen LogP contribution in [-0.2, 0) is 11.3 Å². The van der Waals surface area contributed by atoms with Gasteiger partial charge < -0.3 is 9.67 Å². The normalized spacial score (nSPS) is 10.9. The Morgan fingerprint density at radius 1 is 1.04 bits per heavy atom. The fourth-order valence-electron chi connectivity index (χ4n) is 2.72. The van der Waals surface area contributed by atoms with Crippen LogP contribution in [0.3, 0.4) is 0 Å². The van der Waals surface area contributed by atoms with E-state index < -0.39 is 5.97 Å². The maximum Gasteiger partial charge on any atom is 0.323 e. The topological polar surface area (TPSA) is 59.3 Å². The van der Waals surface area contributed by atoms with E-state index in [4.69, 9.17) is 5.11 Å². The molecule has 3 rings (SSSR count). The zero-order valence-electron chi connectivity index (χ0n) is 13.0. The van der Waals surface area contributed by atoms with Crippen LogP contribution in [0.5, 0.6) is 0 Å². The molecule has 23 heavy (non-hydrogen) atoms. The molecule has 1 N–H and O–H groups in total. The van der Waals surface area contributed by atoms with E-state index in [9.17, 15) is 9.59 Å². The van der Waals surface area contributed by atoms with Crippen LogP contribution in [0.2, 0.25) is 0 Å². The third-order valence-corrected chi connectivity index (χ3v) is 3.91. The SMILES string of the molecule is Cc1ccc(-c2cn(CC(=O)O)c3cc(C)ccc3c2=O)cc1. The average molecular weight is 307 g/mol. The van der Waals surface area contributed by atoms with Gasteiger partial charge in [-0.15, -0.1) is 0 Å². The molecule has 0 aliphatic rings. The molecule has 0 aliphatic carbocycles. The molecular weight excluding hydrogens is 290 g/mol. The number of fused-ring (bicyclic) bond motifs is 1. The molecule has 0 saturated carbocycles. The van der Waals surface area contributed by atoms with Crippen molar-refractivity contribution in [3.05, 3.63) is 70.0 Å². The number of benzene rings is 2. The minimum absolute atomic E-state index is 0.0782. The van der Waals surface area contributed by atoms with Crippen molar-refractivity contribution in [1.82, 2.24) is 4.57 Å². The fraction of sp³-hybridized carbons (Fsp3) is 0.158. The van der Waals surface area contributed by atoms with Crippen molar-refractivity contribution in [2.24, 2.45) is 0 Å². The molecule has 1 heterocycles. The van der Waals surface area contributed by atoms with E-state index in [1.807, 2.05) is 50.2 Å². The van der Waals surface area contributed by atoms with Gasteiger partial charge in [-0.3, -0.25) is 9.59 Å². The van der Waals surface area contributed by atoms with Gasteiger partial charge >= 0.3 is 5.97 Å². The Labute approximate surface area is 133 Å². The third-order valence-electron chi connectivity index (χ3n) is 3.91. The maximum atomic E-state index is 12.8. The zero-order valence-corrected chi connectivity index (χ0v) is 13.0. The van der Waals surface area contributed by atoms with Crippen molar-refractivity contribution >= 4 is 16.9 Å². The lowest BCUT2D eigenvalue weighted by Crippen LogP contribution is -2.16. The summed E-state index contributed by atoms with van der Waals surface area (Å²) in [4.78, 5) is 24.0. The Morgan fingerprint density at radius 3 is 2.35 bits per heavy atom. The highest BCUT2D eigenvalue weighted by Crippen LogP contribution is 2.21. The molecule has 116 valence electrons. The Bertz CT molecular complexity index is 953. The van der Waals surface area contributed by atoms with Crippen molar-refractivity contribution in [1.29, 1.82) is 0 Å². The van der Waals surface area contributed by atoms with Crippen LogP contribution in [0.4, 0.5) is 0 Å². The monoisotopic (exact) mass is 307 g/mol. The summed E-state index contributed by atoms with van der Waals surface area (Å²) >= 11 is 0. The molecule has 0 aliphatic heterocycles. The Balaban J connectivity index is 2.33. The lowest BCUT2D eigenvalue weighted by molar-refractivity contribution is -0.137. The maximum absolute atomic E-state index is 12.8. The van der Waals surface area contributed by atoms with E-state index in [0.717, 1.165) is 16.7 Å². The molecule has 0 spiro atoms. The number of carboxylic acid groups (broad SMARTS) is 1. The van der Waals surface area contributed by atoms with E-state index in [1.54, 1.807) is 16.8 Å². The summed E-state index contributed by atoms with van der Waals surface area (Å²) in [6.45, 7) is 3.72. The number of hydrogen-bond donors (Lipinski definition) is 1. The molecule has 0 saturated heterocycles. The molecule has 0 bridgehead atoms. The van der Waals surface area contributed by atoms with Crippen LogP contribution in [0, 0.1) is 13.8 Å². The first-order valence-corrected chi connectivity index (χ1v) is 7.38. The van der Waals surface area contributed by atoms with Gasteiger partial charge in [0.05, 0.1) is 5.52 Å². The smallest absolute Gasteiger partial charge is 0.323 e. The number of aliphatic carboxylic acids is 1. The third kappa shape index (κ3) is 2.88. The Hall–Kier alpha value is -2.88. The number of rotatable bonds is 3. The van der Waals surface area contributed by atoms with E-state index >= 15 is 0 Å². The predicted octanol–water partition coefficient (Wildman–Crippen LogP) is 3.37. The molecule has 0 fully saturated rings. The number of hydrogen-bond acceptors (Lipinski definition) is 2. The fourth-order valence-corrected chi connectivity index (χ4v) is 2.72. The van der Waals surface area contributed by atoms with Gasteiger partial charge in [0.15, 0.2) is 5.43 Å². The number of carboxylic acids is 1. The molecule has 4 nitrogen and oxygen atoms in total. The van der Waals surface area contributed by atoms with Crippen LogP contribution < -0.4 is 5.43 Å². The quantitative estimate of drug-likeness (QED) is 0.807. The van der Waals surface area contributed by atoms with Crippen LogP contribution in [0.25, 0.3) is 22.0 Å². The second-order valence-corrected chi connectivity index (χ2v) is 5.78. The molecule has 0 radical (unpaired) electrons. The van der Waals surface area contributed by atoms with Gasteiger partial charge in [-0.1, -0.05) is 35.9 Å². The highest BCUT2D eigenvalue weighted by Gasteiger charge is 2.12. The Morgan fingerprint density at radius 2 is 1.70 bits per heavy atom. The average Bonchev–Trinajstić information content (AvgIpc) is 2.50. The Kier molecular flexibility index (Phi) is 3.74. The van der Waals surface area contributed by atoms with E-state index in [2.05, 4.69) is 0 Å². The van der Waals surface area contributed by atoms with E-state index in [1.165, 1.54) is 0 Å². The lowest BCUT2D eigenvalue weighted by Gasteiger charge is -2.12. The molecular formula is C19H17NO3. The largest absolute Gasteiger partial charge is 0.480 e. The minimum atomic E-state index is -0.939. The number of carbonyl (C=O) groups is 1. The molecule has 3 aromatic rings. The first-order valence-electron chi connectivity index (χ1n) is 7.38. The van der Waals surface area contributed by atoms with Gasteiger partial charge in [0.1, 0.15) is 6.54 Å². The number of aromatic nitrogens is 1. The molecule has 2 aromatic carbocycles. The highest BCUT2D eigenvalue weighted by atomic mass is 16.4. The summed E-state index contributed by atoms with van der Waals surface area (Å²) in [5.74, 6) is -0.939. The molecule has 1 aromatic heterocycles. The van der Waals surface area contributed by atoms with Crippen LogP contribution in [0.15, 0.2) is 53.5 Å². The summed E-state index contributed by atoms with van der Waals surface area (Å²) in [6.07, 6.45) is 1.64. The summed E-state index contributed by atoms with van der Waals surface area (Å²) in [6, 6.07) is 13.1. The van der Waals surface area contributed by atoms with Crippen molar-refractivity contribution < 1.29 is 9.90 Å². The van der Waals surface area contributed by atoms with Gasteiger partial charge in [0.2, 0.25) is 0 Å². The standard InChI is InChI=1S/C19H17NO3/c1-12-3-6-14(7-4-12)16-10-20(11-18(21)22)17-9-13(2)5-8-15(17)19(16)23/h3-10H,11H2,1-2H3,(H,21,22). The van der Waals surface area contributed by atoms with Gasteiger partial charge in [-0.05, 0) is 37.1 Å². The van der Waals surface area contributed by atoms with Gasteiger partial charge in [-0.2, -0.15) is 0 Å². The molecule has 4 heteroatoms.